The molecule has 1 spiro atoms. The van der Waals surface area contributed by atoms with Gasteiger partial charge in [0.25, 0.3) is 0 Å². The van der Waals surface area contributed by atoms with Crippen LogP contribution in [0.4, 0.5) is 0 Å². The molecular weight excluding hydrogens is 208 g/mol. The van der Waals surface area contributed by atoms with Crippen molar-refractivity contribution >= 4 is 0 Å². The lowest BCUT2D eigenvalue weighted by atomic mass is 10.1. The highest BCUT2D eigenvalue weighted by Gasteiger charge is 2.72. The molecule has 16 heavy (non-hydrogen) atoms. The number of rotatable bonds is 2. The van der Waals surface area contributed by atoms with E-state index in [-0.39, 0.29) is 24.1 Å². The smallest absolute Gasteiger partial charge is 0.186 e. The van der Waals surface area contributed by atoms with E-state index in [1.54, 1.807) is 7.11 Å². The third-order valence-electron chi connectivity index (χ3n) is 4.04. The summed E-state index contributed by atoms with van der Waals surface area (Å²) < 4.78 is 23.2. The predicted octanol–water partition coefficient (Wildman–Crippen LogP) is 1.68. The van der Waals surface area contributed by atoms with Gasteiger partial charge in [0.05, 0.1) is 0 Å². The number of ether oxygens (including phenoxy) is 4. The summed E-state index contributed by atoms with van der Waals surface area (Å²) in [6.45, 7) is 6.10. The van der Waals surface area contributed by atoms with Crippen molar-refractivity contribution in [3.05, 3.63) is 0 Å². The second-order valence-corrected chi connectivity index (χ2v) is 5.51. The number of methoxy groups -OCH3 is 1. The van der Waals surface area contributed by atoms with Crippen LogP contribution in [0.5, 0.6) is 0 Å². The predicted molar refractivity (Wildman–Crippen MR) is 56.8 cm³/mol. The quantitative estimate of drug-likeness (QED) is 0.720. The highest BCUT2D eigenvalue weighted by molar-refractivity contribution is 5.18. The molecule has 0 amide bonds. The number of hydrogen-bond donors (Lipinski definition) is 0. The third kappa shape index (κ3) is 1.30. The molecule has 0 aromatic carbocycles. The van der Waals surface area contributed by atoms with Crippen LogP contribution in [0.15, 0.2) is 0 Å². The fourth-order valence-electron chi connectivity index (χ4n) is 3.21. The maximum Gasteiger partial charge on any atom is 0.186 e. The van der Waals surface area contributed by atoms with Crippen molar-refractivity contribution in [3.8, 4) is 0 Å². The molecule has 1 saturated carbocycles. The molecule has 4 heteroatoms. The van der Waals surface area contributed by atoms with Crippen molar-refractivity contribution in [1.82, 2.24) is 0 Å². The first-order chi connectivity index (χ1) is 7.52. The molecule has 1 aliphatic carbocycles. The maximum absolute atomic E-state index is 6.00. The van der Waals surface area contributed by atoms with Gasteiger partial charge in [0, 0.05) is 7.11 Å². The summed E-state index contributed by atoms with van der Waals surface area (Å²) in [7, 11) is 1.67. The molecule has 4 nitrogen and oxygen atoms in total. The minimum Gasteiger partial charge on any atom is -0.353 e. The van der Waals surface area contributed by atoms with Crippen molar-refractivity contribution in [1.29, 1.82) is 0 Å². The molecule has 2 unspecified atom stereocenters. The Bertz CT molecular complexity index is 303. The van der Waals surface area contributed by atoms with E-state index in [0.717, 1.165) is 12.8 Å². The third-order valence-corrected chi connectivity index (χ3v) is 4.04. The Morgan fingerprint density at radius 1 is 1.25 bits per heavy atom. The van der Waals surface area contributed by atoms with Crippen LogP contribution >= 0.6 is 0 Å². The highest BCUT2D eigenvalue weighted by Crippen LogP contribution is 2.61. The highest BCUT2D eigenvalue weighted by atomic mass is 16.8. The molecule has 3 aliphatic rings. The lowest BCUT2D eigenvalue weighted by Crippen LogP contribution is -2.32. The van der Waals surface area contributed by atoms with E-state index in [1.807, 2.05) is 13.8 Å². The molecule has 0 radical (unpaired) electrons. The van der Waals surface area contributed by atoms with Crippen molar-refractivity contribution < 1.29 is 18.9 Å². The summed E-state index contributed by atoms with van der Waals surface area (Å²) in [6, 6.07) is 0. The van der Waals surface area contributed by atoms with Gasteiger partial charge in [-0.1, -0.05) is 13.3 Å². The minimum atomic E-state index is -0.510. The molecule has 92 valence electrons. The summed E-state index contributed by atoms with van der Waals surface area (Å²) in [5.41, 5.74) is -0.131. The molecule has 0 aromatic heterocycles. The summed E-state index contributed by atoms with van der Waals surface area (Å²) in [5.74, 6) is 0.0849. The van der Waals surface area contributed by atoms with E-state index < -0.39 is 5.79 Å². The van der Waals surface area contributed by atoms with E-state index in [4.69, 9.17) is 18.9 Å². The molecule has 2 heterocycles. The summed E-state index contributed by atoms with van der Waals surface area (Å²) >= 11 is 0. The summed E-state index contributed by atoms with van der Waals surface area (Å²) in [5, 5.41) is 0. The zero-order valence-corrected chi connectivity index (χ0v) is 10.4. The zero-order chi connectivity index (χ0) is 11.6. The summed E-state index contributed by atoms with van der Waals surface area (Å²) in [4.78, 5) is 0. The Morgan fingerprint density at radius 3 is 2.56 bits per heavy atom. The van der Waals surface area contributed by atoms with Gasteiger partial charge in [-0.25, -0.2) is 0 Å². The molecule has 0 bridgehead atoms. The molecule has 3 rings (SSSR count). The Balaban J connectivity index is 1.85. The van der Waals surface area contributed by atoms with Gasteiger partial charge in [0.1, 0.15) is 17.8 Å². The normalized spacial score (nSPS) is 53.2. The van der Waals surface area contributed by atoms with Gasteiger partial charge in [0.15, 0.2) is 12.1 Å². The largest absolute Gasteiger partial charge is 0.353 e. The molecule has 2 aliphatic heterocycles. The first kappa shape index (κ1) is 11.0. The minimum absolute atomic E-state index is 0.0393. The van der Waals surface area contributed by atoms with Crippen LogP contribution in [0.2, 0.25) is 0 Å². The summed E-state index contributed by atoms with van der Waals surface area (Å²) in [6.07, 6.45) is 1.89. The first-order valence-electron chi connectivity index (χ1n) is 6.08. The van der Waals surface area contributed by atoms with Crippen molar-refractivity contribution in [3.63, 3.8) is 0 Å². The van der Waals surface area contributed by atoms with Gasteiger partial charge in [-0.3, -0.25) is 0 Å². The van der Waals surface area contributed by atoms with Gasteiger partial charge in [0.2, 0.25) is 0 Å². The number of fused-ring (bicyclic) bond motifs is 2. The van der Waals surface area contributed by atoms with Crippen molar-refractivity contribution in [2.24, 2.45) is 5.92 Å². The van der Waals surface area contributed by atoms with Gasteiger partial charge >= 0.3 is 0 Å². The molecule has 2 saturated heterocycles. The van der Waals surface area contributed by atoms with Crippen molar-refractivity contribution in [2.75, 3.05) is 7.11 Å². The van der Waals surface area contributed by atoms with Crippen LogP contribution in [-0.4, -0.2) is 37.0 Å². The molecule has 5 atom stereocenters. The van der Waals surface area contributed by atoms with E-state index in [2.05, 4.69) is 6.92 Å². The molecular formula is C12H20O4. The van der Waals surface area contributed by atoms with Crippen LogP contribution < -0.4 is 0 Å². The van der Waals surface area contributed by atoms with Crippen LogP contribution in [-0.2, 0) is 18.9 Å². The fraction of sp³-hybridized carbons (Fsp3) is 1.00. The second-order valence-electron chi connectivity index (χ2n) is 5.51. The van der Waals surface area contributed by atoms with E-state index in [0.29, 0.717) is 5.92 Å². The average Bonchev–Trinajstić information content (AvgIpc) is 2.75. The average molecular weight is 228 g/mol. The first-order valence-corrected chi connectivity index (χ1v) is 6.08. The van der Waals surface area contributed by atoms with Crippen LogP contribution in [0.1, 0.15) is 33.6 Å². The Morgan fingerprint density at radius 2 is 2.00 bits per heavy atom. The van der Waals surface area contributed by atoms with E-state index >= 15 is 0 Å². The Hall–Kier alpha value is -0.160. The van der Waals surface area contributed by atoms with Gasteiger partial charge in [-0.15, -0.1) is 0 Å². The zero-order valence-electron chi connectivity index (χ0n) is 10.4. The maximum atomic E-state index is 6.00. The monoisotopic (exact) mass is 228 g/mol. The van der Waals surface area contributed by atoms with Gasteiger partial charge < -0.3 is 18.9 Å². The van der Waals surface area contributed by atoms with Crippen LogP contribution in [0, 0.1) is 5.92 Å². The molecule has 0 N–H and O–H groups in total. The van der Waals surface area contributed by atoms with Crippen molar-refractivity contribution in [2.45, 2.75) is 63.5 Å². The lowest BCUT2D eigenvalue weighted by Gasteiger charge is -2.24. The lowest BCUT2D eigenvalue weighted by molar-refractivity contribution is -0.234. The molecule has 0 aromatic rings. The second kappa shape index (κ2) is 3.19. The van der Waals surface area contributed by atoms with E-state index in [9.17, 15) is 0 Å². The molecule has 3 fully saturated rings. The Labute approximate surface area is 96.2 Å². The van der Waals surface area contributed by atoms with E-state index in [1.165, 1.54) is 0 Å². The van der Waals surface area contributed by atoms with Gasteiger partial charge in [-0.05, 0) is 26.2 Å². The Kier molecular flexibility index (Phi) is 2.19. The topological polar surface area (TPSA) is 36.9 Å². The fourth-order valence-corrected chi connectivity index (χ4v) is 3.21. The number of hydrogen-bond acceptors (Lipinski definition) is 4. The standard InChI is InChI=1S/C12H20O4/c1-5-7-6-12(7)9-8(10(13-4)16-12)14-11(2,3)15-9/h7-10H,5-6H2,1-4H3/t7-,8-,9?,10?,12+/m0/s1. The van der Waals surface area contributed by atoms with Crippen LogP contribution in [0.3, 0.4) is 0 Å². The van der Waals surface area contributed by atoms with Crippen LogP contribution in [0.25, 0.3) is 0 Å². The SMILES string of the molecule is CC[C@H]1C[C@@]12OC(OC)[C@H]1OC(C)(C)OC12. The van der Waals surface area contributed by atoms with Gasteiger partial charge in [-0.2, -0.15) is 0 Å².